The second-order valence-corrected chi connectivity index (χ2v) is 5.98. The van der Waals surface area contributed by atoms with Crippen LogP contribution in [0.2, 0.25) is 0 Å². The fraction of sp³-hybridized carbons (Fsp3) is 0.824. The van der Waals surface area contributed by atoms with Crippen molar-refractivity contribution in [3.8, 4) is 0 Å². The van der Waals surface area contributed by atoms with Gasteiger partial charge in [-0.05, 0) is 53.5 Å². The highest BCUT2D eigenvalue weighted by Crippen LogP contribution is 2.10. The highest BCUT2D eigenvalue weighted by molar-refractivity contribution is 5.69. The molecule has 3 heteroatoms. The Labute approximate surface area is 125 Å². The van der Waals surface area contributed by atoms with Gasteiger partial charge in [-0.15, -0.1) is 0 Å². The summed E-state index contributed by atoms with van der Waals surface area (Å²) in [5, 5.41) is 3.20. The summed E-state index contributed by atoms with van der Waals surface area (Å²) in [6.07, 6.45) is 12.7. The number of hydrogen-bond donors (Lipinski definition) is 1. The maximum absolute atomic E-state index is 11.5. The van der Waals surface area contributed by atoms with Crippen LogP contribution in [0.15, 0.2) is 12.2 Å². The first-order valence-corrected chi connectivity index (χ1v) is 7.97. The van der Waals surface area contributed by atoms with E-state index in [1.54, 1.807) is 0 Å². The number of allylic oxidation sites excluding steroid dienone is 2. The van der Waals surface area contributed by atoms with Crippen LogP contribution in [-0.4, -0.2) is 25.2 Å². The zero-order chi connectivity index (χ0) is 15.3. The van der Waals surface area contributed by atoms with Crippen LogP contribution in [0.25, 0.3) is 0 Å². The van der Waals surface area contributed by atoms with Crippen LogP contribution in [0.4, 0.5) is 0 Å². The minimum atomic E-state index is -0.0502. The van der Waals surface area contributed by atoms with Gasteiger partial charge in [0.15, 0.2) is 0 Å². The highest BCUT2D eigenvalue weighted by atomic mass is 16.5. The van der Waals surface area contributed by atoms with Gasteiger partial charge in [0.1, 0.15) is 0 Å². The lowest BCUT2D eigenvalue weighted by atomic mass is 10.0. The summed E-state index contributed by atoms with van der Waals surface area (Å²) in [6.45, 7) is 6.78. The largest absolute Gasteiger partial charge is 0.466 e. The van der Waals surface area contributed by atoms with Crippen LogP contribution in [0.5, 0.6) is 0 Å². The molecule has 0 amide bonds. The molecule has 0 heterocycles. The number of hydrogen-bond acceptors (Lipinski definition) is 3. The van der Waals surface area contributed by atoms with Gasteiger partial charge < -0.3 is 10.1 Å². The van der Waals surface area contributed by atoms with Gasteiger partial charge in [0.05, 0.1) is 6.61 Å². The van der Waals surface area contributed by atoms with Crippen molar-refractivity contribution < 1.29 is 9.53 Å². The van der Waals surface area contributed by atoms with Gasteiger partial charge in [0, 0.05) is 12.0 Å². The van der Waals surface area contributed by atoms with Crippen LogP contribution in [0, 0.1) is 0 Å². The Kier molecular flexibility index (Phi) is 11.5. The lowest BCUT2D eigenvalue weighted by Gasteiger charge is -2.23. The van der Waals surface area contributed by atoms with E-state index in [1.807, 2.05) is 7.05 Å². The van der Waals surface area contributed by atoms with Gasteiger partial charge in [-0.3, -0.25) is 4.79 Å². The molecule has 0 aliphatic heterocycles. The standard InChI is InChI=1S/C17H33NO2/c1-5-6-7-8-9-10-11-12-13-16(19)20-15-14-17(2,3)18-4/h5-6,18H,7-15H2,1-4H3/b6-5+. The van der Waals surface area contributed by atoms with Crippen molar-refractivity contribution >= 4 is 5.97 Å². The first-order chi connectivity index (χ1) is 9.52. The van der Waals surface area contributed by atoms with Crippen molar-refractivity contribution in [3.63, 3.8) is 0 Å². The summed E-state index contributed by atoms with van der Waals surface area (Å²) >= 11 is 0. The molecular formula is C17H33NO2. The Morgan fingerprint density at radius 2 is 1.80 bits per heavy atom. The molecular weight excluding hydrogens is 250 g/mol. The lowest BCUT2D eigenvalue weighted by molar-refractivity contribution is -0.144. The molecule has 0 fully saturated rings. The van der Waals surface area contributed by atoms with Crippen molar-refractivity contribution in [1.29, 1.82) is 0 Å². The molecule has 1 N–H and O–H groups in total. The molecule has 0 saturated heterocycles. The molecule has 118 valence electrons. The quantitative estimate of drug-likeness (QED) is 0.331. The average Bonchev–Trinajstić information content (AvgIpc) is 2.41. The van der Waals surface area contributed by atoms with E-state index in [2.05, 4.69) is 38.2 Å². The van der Waals surface area contributed by atoms with Crippen molar-refractivity contribution in [2.45, 2.75) is 77.7 Å². The Morgan fingerprint density at radius 3 is 2.45 bits per heavy atom. The molecule has 0 aromatic heterocycles. The SMILES string of the molecule is C/C=C/CCCCCCCC(=O)OCCC(C)(C)NC. The Balaban J connectivity index is 3.37. The highest BCUT2D eigenvalue weighted by Gasteiger charge is 2.15. The Hall–Kier alpha value is -0.830. The smallest absolute Gasteiger partial charge is 0.305 e. The van der Waals surface area contributed by atoms with Gasteiger partial charge in [-0.2, -0.15) is 0 Å². The molecule has 0 radical (unpaired) electrons. The summed E-state index contributed by atoms with van der Waals surface area (Å²) in [4.78, 5) is 11.5. The van der Waals surface area contributed by atoms with E-state index in [-0.39, 0.29) is 11.5 Å². The average molecular weight is 283 g/mol. The predicted molar refractivity (Wildman–Crippen MR) is 85.8 cm³/mol. The summed E-state index contributed by atoms with van der Waals surface area (Å²) in [5.41, 5.74) is 0.0349. The van der Waals surface area contributed by atoms with Gasteiger partial charge in [-0.25, -0.2) is 0 Å². The Morgan fingerprint density at radius 1 is 1.15 bits per heavy atom. The third-order valence-corrected chi connectivity index (χ3v) is 3.65. The summed E-state index contributed by atoms with van der Waals surface area (Å²) in [7, 11) is 1.93. The van der Waals surface area contributed by atoms with E-state index >= 15 is 0 Å². The third-order valence-electron chi connectivity index (χ3n) is 3.65. The first kappa shape index (κ1) is 19.2. The minimum Gasteiger partial charge on any atom is -0.466 e. The molecule has 20 heavy (non-hydrogen) atoms. The van der Waals surface area contributed by atoms with Crippen LogP contribution >= 0.6 is 0 Å². The van der Waals surface area contributed by atoms with Crippen LogP contribution in [0.1, 0.15) is 72.1 Å². The molecule has 0 unspecified atom stereocenters. The molecule has 0 spiro atoms. The predicted octanol–water partition coefficient (Wildman–Crippen LogP) is 4.22. The molecule has 0 aliphatic carbocycles. The first-order valence-electron chi connectivity index (χ1n) is 7.97. The van der Waals surface area contributed by atoms with Crippen molar-refractivity contribution in [3.05, 3.63) is 12.2 Å². The number of esters is 1. The normalized spacial score (nSPS) is 12.0. The van der Waals surface area contributed by atoms with E-state index in [1.165, 1.54) is 25.7 Å². The second kappa shape index (κ2) is 12.0. The summed E-state index contributed by atoms with van der Waals surface area (Å²) < 4.78 is 5.25. The summed E-state index contributed by atoms with van der Waals surface area (Å²) in [6, 6.07) is 0. The fourth-order valence-electron chi connectivity index (χ4n) is 1.85. The summed E-state index contributed by atoms with van der Waals surface area (Å²) in [5.74, 6) is -0.0502. The molecule has 0 aromatic rings. The number of rotatable bonds is 12. The lowest BCUT2D eigenvalue weighted by Crippen LogP contribution is -2.37. The monoisotopic (exact) mass is 283 g/mol. The van der Waals surface area contributed by atoms with Crippen LogP contribution < -0.4 is 5.32 Å². The third kappa shape index (κ3) is 12.2. The second-order valence-electron chi connectivity index (χ2n) is 5.98. The molecule has 0 saturated carbocycles. The number of carbonyl (C=O) groups is 1. The van der Waals surface area contributed by atoms with Gasteiger partial charge >= 0.3 is 5.97 Å². The van der Waals surface area contributed by atoms with Gasteiger partial charge in [0.2, 0.25) is 0 Å². The van der Waals surface area contributed by atoms with E-state index < -0.39 is 0 Å². The number of nitrogens with one attached hydrogen (secondary N) is 1. The van der Waals surface area contributed by atoms with E-state index in [4.69, 9.17) is 4.74 Å². The van der Waals surface area contributed by atoms with Crippen molar-refractivity contribution in [1.82, 2.24) is 5.32 Å². The maximum Gasteiger partial charge on any atom is 0.305 e. The number of carbonyl (C=O) groups excluding carboxylic acids is 1. The molecule has 0 aliphatic rings. The molecule has 0 bridgehead atoms. The van der Waals surface area contributed by atoms with Crippen LogP contribution in [-0.2, 0) is 9.53 Å². The topological polar surface area (TPSA) is 38.3 Å². The van der Waals surface area contributed by atoms with Crippen molar-refractivity contribution in [2.24, 2.45) is 0 Å². The Bertz CT molecular complexity index is 272. The zero-order valence-corrected chi connectivity index (χ0v) is 13.8. The minimum absolute atomic E-state index is 0.0349. The molecule has 0 aromatic carbocycles. The van der Waals surface area contributed by atoms with Gasteiger partial charge in [0.25, 0.3) is 0 Å². The molecule has 0 rings (SSSR count). The van der Waals surface area contributed by atoms with Crippen LogP contribution in [0.3, 0.4) is 0 Å². The maximum atomic E-state index is 11.5. The zero-order valence-electron chi connectivity index (χ0n) is 13.8. The van der Waals surface area contributed by atoms with E-state index in [0.717, 1.165) is 19.3 Å². The molecule has 3 nitrogen and oxygen atoms in total. The number of ether oxygens (including phenoxy) is 1. The van der Waals surface area contributed by atoms with E-state index in [9.17, 15) is 4.79 Å². The molecule has 0 atom stereocenters. The van der Waals surface area contributed by atoms with Crippen molar-refractivity contribution in [2.75, 3.05) is 13.7 Å². The van der Waals surface area contributed by atoms with Gasteiger partial charge in [-0.1, -0.05) is 31.4 Å². The fourth-order valence-corrected chi connectivity index (χ4v) is 1.85. The number of unbranched alkanes of at least 4 members (excludes halogenated alkanes) is 5. The van der Waals surface area contributed by atoms with E-state index in [0.29, 0.717) is 13.0 Å².